The highest BCUT2D eigenvalue weighted by atomic mass is 35.5. The normalized spacial score (nSPS) is 25.5. The van der Waals surface area contributed by atoms with Gasteiger partial charge in [0.2, 0.25) is 0 Å². The third-order valence-electron chi connectivity index (χ3n) is 2.90. The number of likely N-dealkylation sites (N-methyl/N-ethyl adjacent to an activating group) is 1. The average molecular weight is 227 g/mol. The fourth-order valence-electron chi connectivity index (χ4n) is 1.99. The van der Waals surface area contributed by atoms with Crippen molar-refractivity contribution < 1.29 is 4.74 Å². The fourth-order valence-corrected chi connectivity index (χ4v) is 2.15. The number of anilines is 1. The first-order chi connectivity index (χ1) is 7.18. The van der Waals surface area contributed by atoms with Crippen molar-refractivity contribution in [2.24, 2.45) is 0 Å². The Kier molecular flexibility index (Phi) is 3.12. The number of ether oxygens (including phenoxy) is 1. The molecule has 0 bridgehead atoms. The minimum atomic E-state index is 0.260. The van der Waals surface area contributed by atoms with E-state index in [4.69, 9.17) is 16.3 Å². The number of nitrogens with zero attached hydrogens (tertiary/aromatic N) is 2. The van der Waals surface area contributed by atoms with Gasteiger partial charge in [-0.3, -0.25) is 0 Å². The van der Waals surface area contributed by atoms with Crippen molar-refractivity contribution in [1.29, 1.82) is 0 Å². The van der Waals surface area contributed by atoms with E-state index in [1.165, 1.54) is 0 Å². The summed E-state index contributed by atoms with van der Waals surface area (Å²) in [5.74, 6) is 0.907. The number of aromatic nitrogens is 1. The molecule has 4 heteroatoms. The Balaban J connectivity index is 2.16. The molecule has 1 saturated heterocycles. The Hall–Kier alpha value is -0.800. The minimum absolute atomic E-state index is 0.260. The topological polar surface area (TPSA) is 25.4 Å². The highest BCUT2D eigenvalue weighted by Gasteiger charge is 2.28. The molecular formula is C11H15ClN2O. The van der Waals surface area contributed by atoms with Crippen molar-refractivity contribution in [3.63, 3.8) is 0 Å². The van der Waals surface area contributed by atoms with E-state index in [0.29, 0.717) is 11.2 Å². The van der Waals surface area contributed by atoms with Gasteiger partial charge in [0.1, 0.15) is 11.0 Å². The van der Waals surface area contributed by atoms with Gasteiger partial charge in [0.15, 0.2) is 0 Å². The van der Waals surface area contributed by atoms with Gasteiger partial charge >= 0.3 is 0 Å². The summed E-state index contributed by atoms with van der Waals surface area (Å²) in [7, 11) is 2.04. The van der Waals surface area contributed by atoms with Crippen molar-refractivity contribution in [1.82, 2.24) is 4.98 Å². The Morgan fingerprint density at radius 1 is 1.53 bits per heavy atom. The van der Waals surface area contributed by atoms with E-state index in [0.717, 1.165) is 18.8 Å². The van der Waals surface area contributed by atoms with Gasteiger partial charge in [-0.1, -0.05) is 17.7 Å². The maximum Gasteiger partial charge on any atom is 0.131 e. The van der Waals surface area contributed by atoms with E-state index in [1.807, 2.05) is 19.2 Å². The molecule has 0 spiro atoms. The van der Waals surface area contributed by atoms with E-state index in [-0.39, 0.29) is 6.10 Å². The second-order valence-corrected chi connectivity index (χ2v) is 4.25. The molecule has 3 nitrogen and oxygen atoms in total. The van der Waals surface area contributed by atoms with Crippen LogP contribution in [0, 0.1) is 0 Å². The van der Waals surface area contributed by atoms with Crippen LogP contribution in [0.1, 0.15) is 13.3 Å². The molecule has 1 aliphatic heterocycles. The van der Waals surface area contributed by atoms with Gasteiger partial charge in [-0.25, -0.2) is 4.98 Å². The smallest absolute Gasteiger partial charge is 0.131 e. The van der Waals surface area contributed by atoms with Crippen molar-refractivity contribution in [3.8, 4) is 0 Å². The molecule has 2 atom stereocenters. The summed E-state index contributed by atoms with van der Waals surface area (Å²) in [6, 6.07) is 6.07. The van der Waals surface area contributed by atoms with Gasteiger partial charge in [0.25, 0.3) is 0 Å². The zero-order valence-electron chi connectivity index (χ0n) is 8.98. The SMILES string of the molecule is CC1OCCC1N(C)c1cccc(Cl)n1. The van der Waals surface area contributed by atoms with Crippen LogP contribution in [-0.2, 0) is 4.74 Å². The van der Waals surface area contributed by atoms with E-state index < -0.39 is 0 Å². The summed E-state index contributed by atoms with van der Waals surface area (Å²) >= 11 is 5.86. The molecule has 0 aromatic carbocycles. The molecule has 1 aliphatic rings. The van der Waals surface area contributed by atoms with Crippen LogP contribution in [0.4, 0.5) is 5.82 Å². The van der Waals surface area contributed by atoms with Crippen LogP contribution in [0.3, 0.4) is 0 Å². The van der Waals surface area contributed by atoms with Gasteiger partial charge in [-0.2, -0.15) is 0 Å². The first-order valence-electron chi connectivity index (χ1n) is 5.15. The van der Waals surface area contributed by atoms with Crippen LogP contribution in [0.25, 0.3) is 0 Å². The number of halogens is 1. The molecule has 82 valence electrons. The minimum Gasteiger partial charge on any atom is -0.376 e. The zero-order valence-corrected chi connectivity index (χ0v) is 9.74. The molecule has 0 radical (unpaired) electrons. The predicted molar refractivity (Wildman–Crippen MR) is 61.5 cm³/mol. The quantitative estimate of drug-likeness (QED) is 0.724. The largest absolute Gasteiger partial charge is 0.376 e. The Morgan fingerprint density at radius 2 is 2.33 bits per heavy atom. The van der Waals surface area contributed by atoms with Crippen LogP contribution in [-0.4, -0.2) is 30.8 Å². The third-order valence-corrected chi connectivity index (χ3v) is 3.11. The van der Waals surface area contributed by atoms with Crippen LogP contribution < -0.4 is 4.90 Å². The highest BCUT2D eigenvalue weighted by Crippen LogP contribution is 2.23. The lowest BCUT2D eigenvalue weighted by Crippen LogP contribution is -2.37. The van der Waals surface area contributed by atoms with E-state index in [2.05, 4.69) is 16.8 Å². The van der Waals surface area contributed by atoms with Crippen LogP contribution >= 0.6 is 11.6 Å². The average Bonchev–Trinajstić information content (AvgIpc) is 2.63. The molecule has 2 heterocycles. The van der Waals surface area contributed by atoms with E-state index in [9.17, 15) is 0 Å². The lowest BCUT2D eigenvalue weighted by molar-refractivity contribution is 0.118. The molecular weight excluding hydrogens is 212 g/mol. The van der Waals surface area contributed by atoms with Gasteiger partial charge in [0.05, 0.1) is 12.1 Å². The van der Waals surface area contributed by atoms with Crippen molar-refractivity contribution in [2.75, 3.05) is 18.6 Å². The lowest BCUT2D eigenvalue weighted by Gasteiger charge is -2.27. The number of hydrogen-bond acceptors (Lipinski definition) is 3. The summed E-state index contributed by atoms with van der Waals surface area (Å²) in [6.45, 7) is 2.93. The molecule has 1 aromatic heterocycles. The van der Waals surface area contributed by atoms with Gasteiger partial charge in [0, 0.05) is 13.7 Å². The van der Waals surface area contributed by atoms with Crippen molar-refractivity contribution in [3.05, 3.63) is 23.4 Å². The monoisotopic (exact) mass is 226 g/mol. The van der Waals surface area contributed by atoms with Crippen LogP contribution in [0.2, 0.25) is 5.15 Å². The van der Waals surface area contributed by atoms with Crippen LogP contribution in [0.15, 0.2) is 18.2 Å². The molecule has 1 aromatic rings. The number of pyridine rings is 1. The van der Waals surface area contributed by atoms with Crippen LogP contribution in [0.5, 0.6) is 0 Å². The van der Waals surface area contributed by atoms with Gasteiger partial charge < -0.3 is 9.64 Å². The number of rotatable bonds is 2. The summed E-state index contributed by atoms with van der Waals surface area (Å²) in [4.78, 5) is 6.43. The molecule has 1 fully saturated rings. The van der Waals surface area contributed by atoms with Crippen molar-refractivity contribution in [2.45, 2.75) is 25.5 Å². The first kappa shape index (κ1) is 10.7. The van der Waals surface area contributed by atoms with Crippen molar-refractivity contribution >= 4 is 17.4 Å². The number of hydrogen-bond donors (Lipinski definition) is 0. The van der Waals surface area contributed by atoms with Gasteiger partial charge in [-0.05, 0) is 25.5 Å². The third kappa shape index (κ3) is 2.24. The molecule has 15 heavy (non-hydrogen) atoms. The molecule has 0 amide bonds. The molecule has 0 saturated carbocycles. The Bertz CT molecular complexity index is 345. The summed E-state index contributed by atoms with van der Waals surface area (Å²) in [6.07, 6.45) is 1.31. The standard InChI is InChI=1S/C11H15ClN2O/c1-8-9(6-7-15-8)14(2)11-5-3-4-10(12)13-11/h3-5,8-9H,6-7H2,1-2H3. The second-order valence-electron chi connectivity index (χ2n) is 3.86. The second kappa shape index (κ2) is 4.37. The fraction of sp³-hybridized carbons (Fsp3) is 0.545. The summed E-state index contributed by atoms with van der Waals surface area (Å²) in [5, 5.41) is 0.533. The summed E-state index contributed by atoms with van der Waals surface area (Å²) < 4.78 is 5.54. The lowest BCUT2D eigenvalue weighted by atomic mass is 10.1. The first-order valence-corrected chi connectivity index (χ1v) is 5.53. The predicted octanol–water partition coefficient (Wildman–Crippen LogP) is 2.35. The Morgan fingerprint density at radius 3 is 2.93 bits per heavy atom. The zero-order chi connectivity index (χ0) is 10.8. The summed E-state index contributed by atoms with van der Waals surface area (Å²) in [5.41, 5.74) is 0. The molecule has 0 aliphatic carbocycles. The molecule has 2 rings (SSSR count). The molecule has 2 unspecified atom stereocenters. The highest BCUT2D eigenvalue weighted by molar-refractivity contribution is 6.29. The molecule has 0 N–H and O–H groups in total. The maximum absolute atomic E-state index is 5.86. The van der Waals surface area contributed by atoms with Gasteiger partial charge in [-0.15, -0.1) is 0 Å². The Labute approximate surface area is 95.0 Å². The van der Waals surface area contributed by atoms with E-state index in [1.54, 1.807) is 6.07 Å². The maximum atomic E-state index is 5.86. The van der Waals surface area contributed by atoms with E-state index >= 15 is 0 Å².